The molecular formula is C17H19BrN2. The number of hydrogen-bond donors (Lipinski definition) is 0. The monoisotopic (exact) mass is 330 g/mol. The Kier molecular flexibility index (Phi) is 4.48. The summed E-state index contributed by atoms with van der Waals surface area (Å²) < 4.78 is 1.15. The summed E-state index contributed by atoms with van der Waals surface area (Å²) >= 11 is 3.51. The molecule has 0 radical (unpaired) electrons. The second-order valence-corrected chi connectivity index (χ2v) is 6.27. The van der Waals surface area contributed by atoms with Crippen molar-refractivity contribution in [3.63, 3.8) is 0 Å². The van der Waals surface area contributed by atoms with E-state index in [0.29, 0.717) is 6.04 Å². The molecule has 2 aromatic rings. The van der Waals surface area contributed by atoms with Gasteiger partial charge in [0.2, 0.25) is 0 Å². The summed E-state index contributed by atoms with van der Waals surface area (Å²) in [6.45, 7) is 2.11. The van der Waals surface area contributed by atoms with Crippen LogP contribution in [0.2, 0.25) is 0 Å². The molecule has 3 heteroatoms. The first-order valence-corrected chi connectivity index (χ1v) is 8.01. The van der Waals surface area contributed by atoms with Gasteiger partial charge < -0.3 is 0 Å². The van der Waals surface area contributed by atoms with Gasteiger partial charge in [-0.2, -0.15) is 0 Å². The Hall–Kier alpha value is -1.19. The summed E-state index contributed by atoms with van der Waals surface area (Å²) in [6, 6.07) is 15.5. The first-order valence-electron chi connectivity index (χ1n) is 7.22. The Morgan fingerprint density at radius 1 is 1.10 bits per heavy atom. The average molecular weight is 331 g/mol. The van der Waals surface area contributed by atoms with E-state index < -0.39 is 0 Å². The van der Waals surface area contributed by atoms with Crippen molar-refractivity contribution in [2.45, 2.75) is 31.8 Å². The molecule has 0 amide bonds. The van der Waals surface area contributed by atoms with Gasteiger partial charge in [-0.1, -0.05) is 40.5 Å². The number of piperidine rings is 1. The van der Waals surface area contributed by atoms with Gasteiger partial charge >= 0.3 is 0 Å². The largest absolute Gasteiger partial charge is 0.291 e. The number of halogens is 1. The quantitative estimate of drug-likeness (QED) is 0.819. The number of nitrogens with zero attached hydrogens (tertiary/aromatic N) is 2. The lowest BCUT2D eigenvalue weighted by Gasteiger charge is -2.35. The van der Waals surface area contributed by atoms with Crippen LogP contribution in [-0.4, -0.2) is 16.4 Å². The van der Waals surface area contributed by atoms with E-state index in [9.17, 15) is 0 Å². The Labute approximate surface area is 129 Å². The van der Waals surface area contributed by atoms with Crippen molar-refractivity contribution in [1.29, 1.82) is 0 Å². The zero-order valence-corrected chi connectivity index (χ0v) is 13.1. The van der Waals surface area contributed by atoms with E-state index in [1.807, 2.05) is 12.3 Å². The molecule has 1 fully saturated rings. The molecule has 0 N–H and O–H groups in total. The van der Waals surface area contributed by atoms with Crippen molar-refractivity contribution >= 4 is 15.9 Å². The van der Waals surface area contributed by atoms with Crippen LogP contribution in [0.1, 0.15) is 36.6 Å². The molecule has 0 saturated carbocycles. The van der Waals surface area contributed by atoms with Crippen LogP contribution >= 0.6 is 15.9 Å². The van der Waals surface area contributed by atoms with E-state index in [2.05, 4.69) is 62.2 Å². The van der Waals surface area contributed by atoms with E-state index in [0.717, 1.165) is 23.3 Å². The summed E-state index contributed by atoms with van der Waals surface area (Å²) in [5.41, 5.74) is 2.58. The fourth-order valence-corrected chi connectivity index (χ4v) is 3.21. The van der Waals surface area contributed by atoms with Crippen LogP contribution < -0.4 is 0 Å². The van der Waals surface area contributed by atoms with E-state index in [4.69, 9.17) is 0 Å². The summed E-state index contributed by atoms with van der Waals surface area (Å²) in [5.74, 6) is 0. The van der Waals surface area contributed by atoms with Gasteiger partial charge in [0, 0.05) is 23.3 Å². The van der Waals surface area contributed by atoms with Crippen LogP contribution in [0.3, 0.4) is 0 Å². The highest BCUT2D eigenvalue weighted by atomic mass is 79.9. The molecule has 1 aliphatic rings. The van der Waals surface area contributed by atoms with Gasteiger partial charge in [-0.15, -0.1) is 0 Å². The normalized spacial score (nSPS) is 19.9. The second-order valence-electron chi connectivity index (χ2n) is 5.35. The highest BCUT2D eigenvalue weighted by Crippen LogP contribution is 2.32. The van der Waals surface area contributed by atoms with Crippen molar-refractivity contribution in [2.24, 2.45) is 0 Å². The average Bonchev–Trinajstić information content (AvgIpc) is 2.50. The number of rotatable bonds is 3. The van der Waals surface area contributed by atoms with Gasteiger partial charge in [0.25, 0.3) is 0 Å². The molecule has 104 valence electrons. The minimum atomic E-state index is 0.527. The van der Waals surface area contributed by atoms with Crippen molar-refractivity contribution < 1.29 is 0 Å². The van der Waals surface area contributed by atoms with Crippen molar-refractivity contribution in [1.82, 2.24) is 9.88 Å². The maximum absolute atomic E-state index is 4.47. The Morgan fingerprint density at radius 3 is 2.70 bits per heavy atom. The standard InChI is InChI=1S/C17H19BrN2/c18-15-9-7-14(8-10-15)17-6-2-4-12-20(17)13-16-5-1-3-11-19-16/h1,3,5,7-11,17H,2,4,6,12-13H2. The summed E-state index contributed by atoms with van der Waals surface area (Å²) in [7, 11) is 0. The molecule has 2 nitrogen and oxygen atoms in total. The lowest BCUT2D eigenvalue weighted by molar-refractivity contribution is 0.139. The first-order chi connectivity index (χ1) is 9.83. The van der Waals surface area contributed by atoms with Gasteiger partial charge in [0.1, 0.15) is 0 Å². The molecule has 1 saturated heterocycles. The molecule has 2 heterocycles. The van der Waals surface area contributed by atoms with Crippen LogP contribution in [0.25, 0.3) is 0 Å². The van der Waals surface area contributed by atoms with Gasteiger partial charge in [-0.3, -0.25) is 9.88 Å². The van der Waals surface area contributed by atoms with Crippen LogP contribution in [0.15, 0.2) is 53.1 Å². The molecular weight excluding hydrogens is 312 g/mol. The highest BCUT2D eigenvalue weighted by Gasteiger charge is 2.24. The third kappa shape index (κ3) is 3.28. The summed E-state index contributed by atoms with van der Waals surface area (Å²) in [5, 5.41) is 0. The lowest BCUT2D eigenvalue weighted by atomic mass is 9.95. The maximum Gasteiger partial charge on any atom is 0.0544 e. The van der Waals surface area contributed by atoms with Crippen molar-refractivity contribution in [2.75, 3.05) is 6.54 Å². The zero-order chi connectivity index (χ0) is 13.8. The number of hydrogen-bond acceptors (Lipinski definition) is 2. The molecule has 0 aliphatic carbocycles. The minimum absolute atomic E-state index is 0.527. The fourth-order valence-electron chi connectivity index (χ4n) is 2.94. The zero-order valence-electron chi connectivity index (χ0n) is 11.5. The van der Waals surface area contributed by atoms with Gasteiger partial charge in [0.15, 0.2) is 0 Å². The number of likely N-dealkylation sites (tertiary alicyclic amines) is 1. The fraction of sp³-hybridized carbons (Fsp3) is 0.353. The molecule has 1 aliphatic heterocycles. The molecule has 1 unspecified atom stereocenters. The topological polar surface area (TPSA) is 16.1 Å². The maximum atomic E-state index is 4.47. The van der Waals surface area contributed by atoms with Crippen LogP contribution in [0.5, 0.6) is 0 Å². The molecule has 0 spiro atoms. The van der Waals surface area contributed by atoms with Gasteiger partial charge in [-0.25, -0.2) is 0 Å². The van der Waals surface area contributed by atoms with E-state index in [1.54, 1.807) is 0 Å². The van der Waals surface area contributed by atoms with Crippen molar-refractivity contribution in [3.8, 4) is 0 Å². The van der Waals surface area contributed by atoms with Crippen LogP contribution in [0.4, 0.5) is 0 Å². The molecule has 1 aromatic heterocycles. The molecule has 0 bridgehead atoms. The predicted molar refractivity (Wildman–Crippen MR) is 85.4 cm³/mol. The van der Waals surface area contributed by atoms with E-state index in [-0.39, 0.29) is 0 Å². The molecule has 20 heavy (non-hydrogen) atoms. The van der Waals surface area contributed by atoms with Crippen LogP contribution in [-0.2, 0) is 6.54 Å². The summed E-state index contributed by atoms with van der Waals surface area (Å²) in [6.07, 6.45) is 5.74. The number of pyridine rings is 1. The minimum Gasteiger partial charge on any atom is -0.291 e. The van der Waals surface area contributed by atoms with E-state index >= 15 is 0 Å². The number of benzene rings is 1. The SMILES string of the molecule is Brc1ccc(C2CCCCN2Cc2ccccn2)cc1. The lowest BCUT2D eigenvalue weighted by Crippen LogP contribution is -2.33. The molecule has 1 atom stereocenters. The third-order valence-corrected chi connectivity index (χ3v) is 4.49. The van der Waals surface area contributed by atoms with Gasteiger partial charge in [0.05, 0.1) is 5.69 Å². The highest BCUT2D eigenvalue weighted by molar-refractivity contribution is 9.10. The Bertz CT molecular complexity index is 539. The predicted octanol–water partition coefficient (Wildman–Crippen LogP) is 4.57. The van der Waals surface area contributed by atoms with Crippen LogP contribution in [0, 0.1) is 0 Å². The van der Waals surface area contributed by atoms with E-state index in [1.165, 1.54) is 24.8 Å². The summed E-state index contributed by atoms with van der Waals surface area (Å²) in [4.78, 5) is 7.03. The second kappa shape index (κ2) is 6.51. The van der Waals surface area contributed by atoms with Gasteiger partial charge in [-0.05, 0) is 49.2 Å². The number of aromatic nitrogens is 1. The Morgan fingerprint density at radius 2 is 1.95 bits per heavy atom. The smallest absolute Gasteiger partial charge is 0.0544 e. The molecule has 1 aromatic carbocycles. The first kappa shape index (κ1) is 13.8. The third-order valence-electron chi connectivity index (χ3n) is 3.96. The molecule has 3 rings (SSSR count). The van der Waals surface area contributed by atoms with Crippen molar-refractivity contribution in [3.05, 3.63) is 64.4 Å². The Balaban J connectivity index is 1.78.